The lowest BCUT2D eigenvalue weighted by Crippen LogP contribution is -2.31. The number of carbonyl (C=O) groups is 1. The molecule has 5 heteroatoms. The van der Waals surface area contributed by atoms with E-state index in [1.54, 1.807) is 26.2 Å². The van der Waals surface area contributed by atoms with E-state index >= 15 is 0 Å². The quantitative estimate of drug-likeness (QED) is 0.629. The lowest BCUT2D eigenvalue weighted by molar-refractivity contribution is 0.106. The first-order valence-corrected chi connectivity index (χ1v) is 3.62. The number of amides is 1. The third kappa shape index (κ3) is 1.99. The number of hydrogen-bond donors (Lipinski definition) is 0. The molecule has 0 aromatic carbocycles. The smallest absolute Gasteiger partial charge is 0.316 e. The fourth-order valence-electron chi connectivity index (χ4n) is 0.698. The van der Waals surface area contributed by atoms with Crippen molar-refractivity contribution in [3.05, 3.63) is 24.0 Å². The van der Waals surface area contributed by atoms with Crippen molar-refractivity contribution in [2.45, 2.75) is 0 Å². The first-order chi connectivity index (χ1) is 6.15. The van der Waals surface area contributed by atoms with E-state index in [0.29, 0.717) is 0 Å². The second kappa shape index (κ2) is 3.63. The highest BCUT2D eigenvalue weighted by Gasteiger charge is 2.08. The lowest BCUT2D eigenvalue weighted by atomic mass is 10.5. The normalized spacial score (nSPS) is 9.00. The average molecular weight is 179 g/mol. The van der Waals surface area contributed by atoms with Gasteiger partial charge in [0.15, 0.2) is 5.69 Å². The van der Waals surface area contributed by atoms with Crippen LogP contribution in [0.25, 0.3) is 0 Å². The van der Waals surface area contributed by atoms with Crippen molar-refractivity contribution in [3.63, 3.8) is 0 Å². The second-order valence-electron chi connectivity index (χ2n) is 2.58. The van der Waals surface area contributed by atoms with Gasteiger partial charge in [0.25, 0.3) is 0 Å². The fraction of sp³-hybridized carbons (Fsp3) is 0.250. The van der Waals surface area contributed by atoms with Gasteiger partial charge < -0.3 is 9.74 Å². The van der Waals surface area contributed by atoms with Crippen LogP contribution in [-0.2, 0) is 0 Å². The number of hydrogen-bond acceptors (Lipinski definition) is 3. The van der Waals surface area contributed by atoms with E-state index in [-0.39, 0.29) is 5.69 Å². The maximum Gasteiger partial charge on any atom is 0.434 e. The minimum atomic E-state index is -0.521. The first-order valence-electron chi connectivity index (χ1n) is 3.62. The molecule has 0 radical (unpaired) electrons. The zero-order valence-electron chi connectivity index (χ0n) is 7.39. The molecular weight excluding hydrogens is 170 g/mol. The van der Waals surface area contributed by atoms with Gasteiger partial charge in [-0.1, -0.05) is 0 Å². The maximum absolute atomic E-state index is 11.1. The highest BCUT2D eigenvalue weighted by Crippen LogP contribution is 1.97. The van der Waals surface area contributed by atoms with Crippen molar-refractivity contribution in [1.82, 2.24) is 9.63 Å². The topological polar surface area (TPSA) is 58.3 Å². The van der Waals surface area contributed by atoms with E-state index in [1.807, 2.05) is 6.07 Å². The lowest BCUT2D eigenvalue weighted by Gasteiger charge is -2.10. The predicted octanol–water partition coefficient (Wildman–Crippen LogP) is 0.470. The Hall–Kier alpha value is -1.96. The molecule has 0 unspecified atom stereocenters. The van der Waals surface area contributed by atoms with Gasteiger partial charge in [-0.3, -0.25) is 0 Å². The monoisotopic (exact) mass is 179 g/mol. The van der Waals surface area contributed by atoms with Crippen LogP contribution in [0.2, 0.25) is 0 Å². The third-order valence-corrected chi connectivity index (χ3v) is 1.37. The molecule has 68 valence electrons. The molecule has 0 aliphatic rings. The molecule has 1 amide bonds. The molecule has 0 aliphatic heterocycles. The Labute approximate surface area is 75.7 Å². The van der Waals surface area contributed by atoms with Crippen LogP contribution in [0.4, 0.5) is 4.79 Å². The van der Waals surface area contributed by atoms with Crippen molar-refractivity contribution >= 4 is 6.09 Å². The SMILES string of the molecule is CN(C)C(=O)On1cccc1C#N. The molecule has 0 fully saturated rings. The molecule has 5 nitrogen and oxygen atoms in total. The van der Waals surface area contributed by atoms with E-state index in [4.69, 9.17) is 10.1 Å². The van der Waals surface area contributed by atoms with E-state index in [1.165, 1.54) is 11.1 Å². The summed E-state index contributed by atoms with van der Waals surface area (Å²) in [5.41, 5.74) is 0.287. The first kappa shape index (κ1) is 9.13. The number of rotatable bonds is 1. The van der Waals surface area contributed by atoms with Gasteiger partial charge in [0, 0.05) is 20.3 Å². The van der Waals surface area contributed by atoms with E-state index in [2.05, 4.69) is 0 Å². The molecule has 0 spiro atoms. The minimum absolute atomic E-state index is 0.287. The van der Waals surface area contributed by atoms with Gasteiger partial charge in [-0.15, -0.1) is 0 Å². The van der Waals surface area contributed by atoms with Crippen LogP contribution in [0.15, 0.2) is 18.3 Å². The molecule has 0 bridgehead atoms. The average Bonchev–Trinajstić information content (AvgIpc) is 2.51. The van der Waals surface area contributed by atoms with Crippen molar-refractivity contribution in [2.75, 3.05) is 14.1 Å². The van der Waals surface area contributed by atoms with Crippen LogP contribution in [0.3, 0.4) is 0 Å². The summed E-state index contributed by atoms with van der Waals surface area (Å²) < 4.78 is 1.13. The molecule has 0 aliphatic carbocycles. The Kier molecular flexibility index (Phi) is 2.55. The Morgan fingerprint density at radius 2 is 2.38 bits per heavy atom. The predicted molar refractivity (Wildman–Crippen MR) is 44.8 cm³/mol. The third-order valence-electron chi connectivity index (χ3n) is 1.37. The number of nitrogens with zero attached hydrogens (tertiary/aromatic N) is 3. The minimum Gasteiger partial charge on any atom is -0.316 e. The van der Waals surface area contributed by atoms with Crippen LogP contribution in [0.5, 0.6) is 0 Å². The van der Waals surface area contributed by atoms with Gasteiger partial charge in [-0.2, -0.15) is 9.99 Å². The van der Waals surface area contributed by atoms with Gasteiger partial charge in [0.2, 0.25) is 0 Å². The van der Waals surface area contributed by atoms with Gasteiger partial charge >= 0.3 is 6.09 Å². The second-order valence-corrected chi connectivity index (χ2v) is 2.58. The summed E-state index contributed by atoms with van der Waals surface area (Å²) in [6.45, 7) is 0. The highest BCUT2D eigenvalue weighted by atomic mass is 16.7. The van der Waals surface area contributed by atoms with Crippen molar-refractivity contribution in [3.8, 4) is 6.07 Å². The Morgan fingerprint density at radius 3 is 2.92 bits per heavy atom. The maximum atomic E-state index is 11.1. The Balaban J connectivity index is 2.76. The Morgan fingerprint density at radius 1 is 1.69 bits per heavy atom. The molecule has 1 rings (SSSR count). The molecular formula is C8H9N3O2. The fourth-order valence-corrected chi connectivity index (χ4v) is 0.698. The summed E-state index contributed by atoms with van der Waals surface area (Å²) in [4.78, 5) is 17.1. The zero-order chi connectivity index (χ0) is 9.84. The van der Waals surface area contributed by atoms with Crippen molar-refractivity contribution in [1.29, 1.82) is 5.26 Å². The molecule has 1 aromatic rings. The molecule has 13 heavy (non-hydrogen) atoms. The van der Waals surface area contributed by atoms with Crippen molar-refractivity contribution in [2.24, 2.45) is 0 Å². The standard InChI is InChI=1S/C8H9N3O2/c1-10(2)8(12)13-11-5-3-4-7(11)6-9/h3-5H,1-2H3. The Bertz CT molecular complexity index is 349. The summed E-state index contributed by atoms with van der Waals surface area (Å²) in [6, 6.07) is 5.07. The largest absolute Gasteiger partial charge is 0.434 e. The number of aromatic nitrogens is 1. The molecule has 1 heterocycles. The summed E-state index contributed by atoms with van der Waals surface area (Å²) in [5, 5.41) is 8.58. The molecule has 1 aromatic heterocycles. The van der Waals surface area contributed by atoms with Gasteiger partial charge in [0.05, 0.1) is 0 Å². The van der Waals surface area contributed by atoms with Gasteiger partial charge in [-0.05, 0) is 12.1 Å². The van der Waals surface area contributed by atoms with E-state index in [0.717, 1.165) is 4.73 Å². The molecule has 0 saturated heterocycles. The van der Waals surface area contributed by atoms with Crippen LogP contribution < -0.4 is 4.84 Å². The van der Waals surface area contributed by atoms with Gasteiger partial charge in [-0.25, -0.2) is 4.79 Å². The van der Waals surface area contributed by atoms with Gasteiger partial charge in [0.1, 0.15) is 6.07 Å². The summed E-state index contributed by atoms with van der Waals surface area (Å²) in [7, 11) is 3.13. The number of nitriles is 1. The number of carbonyl (C=O) groups excluding carboxylic acids is 1. The summed E-state index contributed by atoms with van der Waals surface area (Å²) in [5.74, 6) is 0. The summed E-state index contributed by atoms with van der Waals surface area (Å²) in [6.07, 6.45) is 0.979. The van der Waals surface area contributed by atoms with Crippen LogP contribution >= 0.6 is 0 Å². The van der Waals surface area contributed by atoms with Crippen LogP contribution in [0.1, 0.15) is 5.69 Å². The molecule has 0 saturated carbocycles. The summed E-state index contributed by atoms with van der Waals surface area (Å²) >= 11 is 0. The zero-order valence-corrected chi connectivity index (χ0v) is 7.39. The van der Waals surface area contributed by atoms with Crippen LogP contribution in [0, 0.1) is 11.3 Å². The van der Waals surface area contributed by atoms with Crippen LogP contribution in [-0.4, -0.2) is 29.8 Å². The van der Waals surface area contributed by atoms with E-state index in [9.17, 15) is 4.79 Å². The van der Waals surface area contributed by atoms with E-state index < -0.39 is 6.09 Å². The van der Waals surface area contributed by atoms with Crippen molar-refractivity contribution < 1.29 is 9.63 Å². The highest BCUT2D eigenvalue weighted by molar-refractivity contribution is 5.67. The molecule has 0 atom stereocenters. The molecule has 0 N–H and O–H groups in total.